The molecule has 0 unspecified atom stereocenters. The summed E-state index contributed by atoms with van der Waals surface area (Å²) in [6.45, 7) is -0.0357. The number of aromatic carboxylic acids is 1. The average Bonchev–Trinajstić information content (AvgIpc) is 2.39. The molecule has 6 heteroatoms. The molecule has 2 aromatic carbocycles. The van der Waals surface area contributed by atoms with Gasteiger partial charge < -0.3 is 15.6 Å². The van der Waals surface area contributed by atoms with Crippen LogP contribution in [0.3, 0.4) is 0 Å². The van der Waals surface area contributed by atoms with Gasteiger partial charge in [-0.15, -0.1) is 0 Å². The zero-order valence-electron chi connectivity index (χ0n) is 10.3. The summed E-state index contributed by atoms with van der Waals surface area (Å²) in [6, 6.07) is 8.49. The van der Waals surface area contributed by atoms with Crippen molar-refractivity contribution < 1.29 is 19.0 Å². The fraction of sp³-hybridized carbons (Fsp3) is 0.0714. The standard InChI is InChI=1S/C14H11ClFNO3/c15-9-2-1-8(12(16)5-9)7-20-10-3-4-13(17)11(6-10)14(18)19/h1-6H,7,17H2,(H,18,19). The van der Waals surface area contributed by atoms with E-state index in [2.05, 4.69) is 0 Å². The monoisotopic (exact) mass is 295 g/mol. The lowest BCUT2D eigenvalue weighted by Gasteiger charge is -2.09. The molecule has 2 aromatic rings. The van der Waals surface area contributed by atoms with Crippen LogP contribution in [0.2, 0.25) is 5.02 Å². The quantitative estimate of drug-likeness (QED) is 0.849. The van der Waals surface area contributed by atoms with Crippen molar-refractivity contribution in [2.24, 2.45) is 0 Å². The summed E-state index contributed by atoms with van der Waals surface area (Å²) in [5, 5.41) is 9.24. The molecule has 0 atom stereocenters. The fourth-order valence-corrected chi connectivity index (χ4v) is 1.77. The van der Waals surface area contributed by atoms with E-state index >= 15 is 0 Å². The maximum atomic E-state index is 13.5. The van der Waals surface area contributed by atoms with E-state index in [1.807, 2.05) is 0 Å². The van der Waals surface area contributed by atoms with Crippen LogP contribution in [-0.2, 0) is 6.61 Å². The van der Waals surface area contributed by atoms with Crippen LogP contribution in [0.5, 0.6) is 5.75 Å². The number of carboxylic acids is 1. The van der Waals surface area contributed by atoms with Gasteiger partial charge in [0.05, 0.1) is 5.56 Å². The Morgan fingerprint density at radius 3 is 2.70 bits per heavy atom. The van der Waals surface area contributed by atoms with E-state index < -0.39 is 11.8 Å². The third kappa shape index (κ3) is 3.19. The minimum Gasteiger partial charge on any atom is -0.489 e. The highest BCUT2D eigenvalue weighted by Crippen LogP contribution is 2.22. The van der Waals surface area contributed by atoms with E-state index in [9.17, 15) is 9.18 Å². The normalized spacial score (nSPS) is 10.3. The first-order valence-corrected chi connectivity index (χ1v) is 6.04. The number of nitrogen functional groups attached to an aromatic ring is 1. The van der Waals surface area contributed by atoms with Crippen molar-refractivity contribution in [2.75, 3.05) is 5.73 Å². The van der Waals surface area contributed by atoms with E-state index in [1.165, 1.54) is 30.3 Å². The summed E-state index contributed by atoms with van der Waals surface area (Å²) in [7, 11) is 0. The number of hydrogen-bond donors (Lipinski definition) is 2. The molecule has 0 bridgehead atoms. The Morgan fingerprint density at radius 2 is 2.05 bits per heavy atom. The molecule has 0 amide bonds. The number of carboxylic acid groups (broad SMARTS) is 1. The molecule has 0 saturated heterocycles. The predicted octanol–water partition coefficient (Wildman–Crippen LogP) is 3.34. The minimum absolute atomic E-state index is 0.0357. The van der Waals surface area contributed by atoms with Crippen molar-refractivity contribution in [1.82, 2.24) is 0 Å². The van der Waals surface area contributed by atoms with Crippen LogP contribution < -0.4 is 10.5 Å². The van der Waals surface area contributed by atoms with Gasteiger partial charge in [0, 0.05) is 16.3 Å². The second kappa shape index (κ2) is 5.79. The first-order valence-electron chi connectivity index (χ1n) is 5.67. The van der Waals surface area contributed by atoms with Gasteiger partial charge in [-0.05, 0) is 30.3 Å². The molecular weight excluding hydrogens is 285 g/mol. The third-order valence-corrected chi connectivity index (χ3v) is 2.90. The molecule has 4 nitrogen and oxygen atoms in total. The summed E-state index contributed by atoms with van der Waals surface area (Å²) in [6.07, 6.45) is 0. The third-order valence-electron chi connectivity index (χ3n) is 2.66. The topological polar surface area (TPSA) is 72.5 Å². The number of anilines is 1. The number of rotatable bonds is 4. The smallest absolute Gasteiger partial charge is 0.337 e. The van der Waals surface area contributed by atoms with Crippen LogP contribution in [0.1, 0.15) is 15.9 Å². The van der Waals surface area contributed by atoms with E-state index in [0.717, 1.165) is 0 Å². The molecule has 0 saturated carbocycles. The molecular formula is C14H11ClFNO3. The van der Waals surface area contributed by atoms with Gasteiger partial charge in [0.2, 0.25) is 0 Å². The lowest BCUT2D eigenvalue weighted by atomic mass is 10.1. The first-order chi connectivity index (χ1) is 9.47. The van der Waals surface area contributed by atoms with Crippen molar-refractivity contribution in [1.29, 1.82) is 0 Å². The van der Waals surface area contributed by atoms with E-state index in [1.54, 1.807) is 6.07 Å². The molecule has 0 aliphatic carbocycles. The lowest BCUT2D eigenvalue weighted by Crippen LogP contribution is -2.04. The van der Waals surface area contributed by atoms with E-state index in [-0.39, 0.29) is 17.9 Å². The van der Waals surface area contributed by atoms with Crippen LogP contribution in [0.15, 0.2) is 36.4 Å². The summed E-state index contributed by atoms with van der Waals surface area (Å²) in [5.74, 6) is -1.33. The number of carbonyl (C=O) groups is 1. The van der Waals surface area contributed by atoms with Gasteiger partial charge in [0.15, 0.2) is 0 Å². The first kappa shape index (κ1) is 14.1. The van der Waals surface area contributed by atoms with Gasteiger partial charge >= 0.3 is 5.97 Å². The van der Waals surface area contributed by atoms with Gasteiger partial charge in [-0.3, -0.25) is 0 Å². The van der Waals surface area contributed by atoms with Crippen LogP contribution in [0.4, 0.5) is 10.1 Å². The number of halogens is 2. The van der Waals surface area contributed by atoms with E-state index in [0.29, 0.717) is 16.3 Å². The maximum absolute atomic E-state index is 13.5. The molecule has 2 rings (SSSR count). The highest BCUT2D eigenvalue weighted by Gasteiger charge is 2.10. The Kier molecular flexibility index (Phi) is 4.10. The van der Waals surface area contributed by atoms with Gasteiger partial charge in [0.25, 0.3) is 0 Å². The Morgan fingerprint density at radius 1 is 1.30 bits per heavy atom. The van der Waals surface area contributed by atoms with Crippen LogP contribution in [-0.4, -0.2) is 11.1 Å². The summed E-state index contributed by atoms with van der Waals surface area (Å²) in [5.41, 5.74) is 5.93. The second-order valence-corrected chi connectivity index (χ2v) is 4.52. The number of hydrogen-bond acceptors (Lipinski definition) is 3. The van der Waals surface area contributed by atoms with Crippen molar-refractivity contribution in [3.63, 3.8) is 0 Å². The molecule has 0 aliphatic heterocycles. The van der Waals surface area contributed by atoms with Crippen molar-refractivity contribution in [3.8, 4) is 5.75 Å². The second-order valence-electron chi connectivity index (χ2n) is 4.08. The van der Waals surface area contributed by atoms with Crippen LogP contribution in [0.25, 0.3) is 0 Å². The molecule has 0 aromatic heterocycles. The molecule has 0 spiro atoms. The number of ether oxygens (including phenoxy) is 1. The number of nitrogens with two attached hydrogens (primary N) is 1. The average molecular weight is 296 g/mol. The fourth-order valence-electron chi connectivity index (χ4n) is 1.61. The molecule has 0 fully saturated rings. The molecule has 104 valence electrons. The number of benzene rings is 2. The molecule has 0 radical (unpaired) electrons. The lowest BCUT2D eigenvalue weighted by molar-refractivity contribution is 0.0697. The van der Waals surface area contributed by atoms with Crippen molar-refractivity contribution in [2.45, 2.75) is 6.61 Å². The molecule has 3 N–H and O–H groups in total. The zero-order valence-corrected chi connectivity index (χ0v) is 11.0. The Bertz CT molecular complexity index is 661. The summed E-state index contributed by atoms with van der Waals surface area (Å²) < 4.78 is 18.9. The van der Waals surface area contributed by atoms with E-state index in [4.69, 9.17) is 27.2 Å². The Balaban J connectivity index is 2.15. The highest BCUT2D eigenvalue weighted by molar-refractivity contribution is 6.30. The predicted molar refractivity (Wildman–Crippen MR) is 73.6 cm³/mol. The van der Waals surface area contributed by atoms with Gasteiger partial charge in [-0.2, -0.15) is 0 Å². The van der Waals surface area contributed by atoms with Crippen LogP contribution in [0, 0.1) is 5.82 Å². The SMILES string of the molecule is Nc1ccc(OCc2ccc(Cl)cc2F)cc1C(=O)O. The Hall–Kier alpha value is -2.27. The molecule has 0 aliphatic rings. The Labute approximate surface area is 119 Å². The van der Waals surface area contributed by atoms with Gasteiger partial charge in [-0.1, -0.05) is 17.7 Å². The summed E-state index contributed by atoms with van der Waals surface area (Å²) in [4.78, 5) is 10.9. The minimum atomic E-state index is -1.15. The largest absolute Gasteiger partial charge is 0.489 e. The zero-order chi connectivity index (χ0) is 14.7. The summed E-state index contributed by atoms with van der Waals surface area (Å²) >= 11 is 5.65. The maximum Gasteiger partial charge on any atom is 0.337 e. The van der Waals surface area contributed by atoms with Crippen molar-refractivity contribution in [3.05, 3.63) is 58.4 Å². The molecule has 0 heterocycles. The van der Waals surface area contributed by atoms with Gasteiger partial charge in [-0.25, -0.2) is 9.18 Å². The van der Waals surface area contributed by atoms with Crippen LogP contribution >= 0.6 is 11.6 Å². The highest BCUT2D eigenvalue weighted by atomic mass is 35.5. The van der Waals surface area contributed by atoms with Gasteiger partial charge in [0.1, 0.15) is 18.2 Å². The van der Waals surface area contributed by atoms with Crippen molar-refractivity contribution >= 4 is 23.3 Å². The molecule has 20 heavy (non-hydrogen) atoms.